The quantitative estimate of drug-likeness (QED) is 0.0316. The Balaban J connectivity index is -0.000000151. The maximum absolute atomic E-state index is 11.5. The van der Waals surface area contributed by atoms with E-state index in [4.69, 9.17) is 42.6 Å². The molecule has 0 spiro atoms. The second-order valence-corrected chi connectivity index (χ2v) is 34.4. The summed E-state index contributed by atoms with van der Waals surface area (Å²) in [5.41, 5.74) is -0.848. The van der Waals surface area contributed by atoms with Gasteiger partial charge in [-0.2, -0.15) is 0 Å². The molecule has 674 valence electrons. The highest BCUT2D eigenvalue weighted by Crippen LogP contribution is 2.22. The molecule has 0 saturated carbocycles. The molecule has 111 heavy (non-hydrogen) atoms. The Morgan fingerprint density at radius 2 is 0.586 bits per heavy atom. The normalized spacial score (nSPS) is 12.7. The van der Waals surface area contributed by atoms with Crippen molar-refractivity contribution in [1.29, 1.82) is 0 Å². The highest BCUT2D eigenvalue weighted by molar-refractivity contribution is 5.75. The van der Waals surface area contributed by atoms with Crippen molar-refractivity contribution in [2.45, 2.75) is 316 Å². The van der Waals surface area contributed by atoms with Crippen LogP contribution >= 0.6 is 0 Å². The second-order valence-electron chi connectivity index (χ2n) is 34.4. The minimum atomic E-state index is -0.335. The van der Waals surface area contributed by atoms with Crippen molar-refractivity contribution in [2.24, 2.45) is 11.3 Å². The van der Waals surface area contributed by atoms with Crippen molar-refractivity contribution < 1.29 is 66.6 Å². The van der Waals surface area contributed by atoms with Gasteiger partial charge in [0.1, 0.15) is 11.2 Å². The first-order chi connectivity index (χ1) is 51.1. The van der Waals surface area contributed by atoms with Crippen LogP contribution in [0, 0.1) is 11.3 Å². The number of ether oxygens (including phenoxy) is 9. The molecule has 4 atom stereocenters. The van der Waals surface area contributed by atoms with Crippen molar-refractivity contribution in [3.63, 3.8) is 0 Å². The van der Waals surface area contributed by atoms with Gasteiger partial charge in [0.2, 0.25) is 0 Å². The van der Waals surface area contributed by atoms with E-state index in [-0.39, 0.29) is 69.7 Å². The first kappa shape index (κ1) is 126. The standard InChI is InChI=1S/2C11H23NO2.3C10H21NO2.C10H23NO.2C9H21NO.C8H19NO/c1-6-11(2,3)10(13)14-9-7-8-12(4)5;1-6-11(2,3)14-10(13)8-7-9-12(4)5;1-6-10(2,3)13-9(12)7-8-11(4)5;1-5-9(2)10(12)13-8-6-7-11(3)4;1-5-9(2)13-10(12)7-6-8-11(3)4;1-6-10(2,3)12-9-7-8-11(4)5;1-6-9(2,3)11-8-7-10(4)5;1-5-9(2)11-8-6-7-10(3)4;1-5-8(2)10-7-6-9(3)4/h2*6-9H2,1-5H3;6-8H2,1-5H3;2*9H,5-8H2,1-4H3;6-9H2,1-5H3;6-8H2,1-5H3;9H,5-8H2,1-4H3;8H,5-7H2,1-4H3. The van der Waals surface area contributed by atoms with Crippen LogP contribution in [0.25, 0.3) is 0 Å². The monoisotopic (exact) mass is 1600 g/mol. The third-order valence-electron chi connectivity index (χ3n) is 17.8. The first-order valence-corrected chi connectivity index (χ1v) is 42.4. The third-order valence-corrected chi connectivity index (χ3v) is 17.8. The lowest BCUT2D eigenvalue weighted by molar-refractivity contribution is -0.158. The first-order valence-electron chi connectivity index (χ1n) is 42.4. The Bertz CT molecular complexity index is 2060. The Hall–Kier alpha value is -3.17. The van der Waals surface area contributed by atoms with Gasteiger partial charge in [-0.3, -0.25) is 24.0 Å². The fraction of sp³-hybridized carbons (Fsp3) is 0.943. The zero-order chi connectivity index (χ0) is 88.6. The molecule has 0 aromatic carbocycles. The van der Waals surface area contributed by atoms with E-state index in [1.807, 2.05) is 165 Å². The Kier molecular flexibility index (Phi) is 90.0. The van der Waals surface area contributed by atoms with E-state index in [0.29, 0.717) is 44.7 Å². The Morgan fingerprint density at radius 1 is 0.288 bits per heavy atom. The van der Waals surface area contributed by atoms with Crippen LogP contribution in [-0.4, -0.2) is 340 Å². The van der Waals surface area contributed by atoms with E-state index >= 15 is 0 Å². The van der Waals surface area contributed by atoms with E-state index < -0.39 is 0 Å². The van der Waals surface area contributed by atoms with Gasteiger partial charge in [0.25, 0.3) is 0 Å². The van der Waals surface area contributed by atoms with Crippen LogP contribution in [0.5, 0.6) is 0 Å². The smallest absolute Gasteiger partial charge is 0.311 e. The topological polar surface area (TPSA) is 198 Å². The molecule has 0 bridgehead atoms. The molecule has 0 rings (SSSR count). The Labute approximate surface area is 689 Å². The van der Waals surface area contributed by atoms with E-state index in [0.717, 1.165) is 182 Å². The molecule has 0 aromatic rings. The summed E-state index contributed by atoms with van der Waals surface area (Å²) in [6, 6.07) is 0. The highest BCUT2D eigenvalue weighted by atomic mass is 16.6. The summed E-state index contributed by atoms with van der Waals surface area (Å²) in [4.78, 5) is 75.4. The van der Waals surface area contributed by atoms with Gasteiger partial charge >= 0.3 is 29.8 Å². The maximum atomic E-state index is 11.5. The van der Waals surface area contributed by atoms with Crippen molar-refractivity contribution in [2.75, 3.05) is 225 Å². The molecule has 4 unspecified atom stereocenters. The summed E-state index contributed by atoms with van der Waals surface area (Å²) >= 11 is 0. The Morgan fingerprint density at radius 3 is 0.919 bits per heavy atom. The van der Waals surface area contributed by atoms with Crippen LogP contribution in [0.3, 0.4) is 0 Å². The molecule has 23 nitrogen and oxygen atoms in total. The van der Waals surface area contributed by atoms with Gasteiger partial charge in [-0.05, 0) is 339 Å². The molecule has 0 saturated heterocycles. The average molecular weight is 1600 g/mol. The average Bonchev–Trinajstić information content (AvgIpc) is 0.905. The van der Waals surface area contributed by atoms with Crippen molar-refractivity contribution in [3.05, 3.63) is 0 Å². The number of hydrogen-bond acceptors (Lipinski definition) is 23. The SMILES string of the molecule is CCC(C)(C)C(=O)OCCCN(C)C.CCC(C)(C)OC(=O)CCCN(C)C.CCC(C)(C)OC(=O)CCN(C)C.CCC(C)(C)OCCCN(C)C.CCC(C)(C)OCCN(C)C.CCC(C)C(=O)OCCCN(C)C.CCC(C)OC(=O)CCCN(C)C.CCC(C)OCCCN(C)C.CCC(C)OCCN(C)C. The van der Waals surface area contributed by atoms with Gasteiger partial charge in [0.05, 0.1) is 73.7 Å². The van der Waals surface area contributed by atoms with Gasteiger partial charge < -0.3 is 86.7 Å². The summed E-state index contributed by atoms with van der Waals surface area (Å²) in [6.45, 7) is 60.1. The molecule has 0 aliphatic carbocycles. The lowest BCUT2D eigenvalue weighted by atomic mass is 9.91. The van der Waals surface area contributed by atoms with E-state index in [1.54, 1.807) is 0 Å². The summed E-state index contributed by atoms with van der Waals surface area (Å²) in [6.07, 6.45) is 16.9. The number of rotatable bonds is 51. The molecule has 0 radical (unpaired) electrons. The van der Waals surface area contributed by atoms with Gasteiger partial charge in [-0.1, -0.05) is 69.2 Å². The predicted octanol–water partition coefficient (Wildman–Crippen LogP) is 15.9. The van der Waals surface area contributed by atoms with Crippen LogP contribution in [0.2, 0.25) is 0 Å². The highest BCUT2D eigenvalue weighted by Gasteiger charge is 2.27. The van der Waals surface area contributed by atoms with E-state index in [1.165, 1.54) is 0 Å². The predicted molar refractivity (Wildman–Crippen MR) is 473 cm³/mol. The van der Waals surface area contributed by atoms with Gasteiger partial charge in [0, 0.05) is 58.8 Å². The number of esters is 5. The summed E-state index contributed by atoms with van der Waals surface area (Å²) < 4.78 is 48.3. The number of hydrogen-bond donors (Lipinski definition) is 0. The van der Waals surface area contributed by atoms with E-state index in [2.05, 4.69) is 165 Å². The summed E-state index contributed by atoms with van der Waals surface area (Å²) in [7, 11) is 36.5. The third kappa shape index (κ3) is 111. The van der Waals surface area contributed by atoms with Crippen LogP contribution in [0.1, 0.15) is 275 Å². The lowest BCUT2D eigenvalue weighted by Crippen LogP contribution is -2.28. The van der Waals surface area contributed by atoms with Crippen molar-refractivity contribution in [3.8, 4) is 0 Å². The molecule has 0 fully saturated rings. The van der Waals surface area contributed by atoms with Crippen LogP contribution < -0.4 is 0 Å². The fourth-order valence-corrected chi connectivity index (χ4v) is 7.15. The number of carbonyl (C=O) groups is 5. The van der Waals surface area contributed by atoms with Gasteiger partial charge in [-0.15, -0.1) is 0 Å². The van der Waals surface area contributed by atoms with Crippen LogP contribution in [0.15, 0.2) is 0 Å². The summed E-state index contributed by atoms with van der Waals surface area (Å²) in [5.74, 6) is -0.380. The molecule has 23 heteroatoms. The molecule has 0 aromatic heterocycles. The van der Waals surface area contributed by atoms with Crippen molar-refractivity contribution in [1.82, 2.24) is 44.1 Å². The largest absolute Gasteiger partial charge is 0.465 e. The number of nitrogens with zero attached hydrogens (tertiary/aromatic N) is 9. The zero-order valence-electron chi connectivity index (χ0n) is 81.4. The molecular formula is C88H193N9O14. The minimum Gasteiger partial charge on any atom is -0.465 e. The molecule has 0 amide bonds. The summed E-state index contributed by atoms with van der Waals surface area (Å²) in [5, 5.41) is 0. The molecule has 0 aliphatic rings. The zero-order valence-corrected chi connectivity index (χ0v) is 81.4. The lowest BCUT2D eigenvalue weighted by Gasteiger charge is -2.24. The van der Waals surface area contributed by atoms with E-state index in [9.17, 15) is 24.0 Å². The molecular weight excluding hydrogens is 1410 g/mol. The molecule has 0 N–H and O–H groups in total. The number of likely N-dealkylation sites (N-methyl/N-ethyl adjacent to an activating group) is 2. The van der Waals surface area contributed by atoms with Crippen LogP contribution in [0.4, 0.5) is 0 Å². The van der Waals surface area contributed by atoms with Crippen LogP contribution in [-0.2, 0) is 66.6 Å². The fourth-order valence-electron chi connectivity index (χ4n) is 7.15. The maximum Gasteiger partial charge on any atom is 0.311 e. The molecule has 0 heterocycles. The van der Waals surface area contributed by atoms with Gasteiger partial charge in [-0.25, -0.2) is 0 Å². The minimum absolute atomic E-state index is 0.0411. The number of carbonyl (C=O) groups excluding carboxylic acids is 5. The van der Waals surface area contributed by atoms with Gasteiger partial charge in [0.15, 0.2) is 0 Å². The second kappa shape index (κ2) is 79.3. The molecule has 0 aliphatic heterocycles. The van der Waals surface area contributed by atoms with Crippen molar-refractivity contribution >= 4 is 29.8 Å².